The second kappa shape index (κ2) is 11.2. The molecule has 0 atom stereocenters. The van der Waals surface area contributed by atoms with E-state index in [2.05, 4.69) is 35.2 Å². The number of nitrogens with zero attached hydrogens (tertiary/aromatic N) is 4. The summed E-state index contributed by atoms with van der Waals surface area (Å²) >= 11 is 0. The number of hydrogen-bond acceptors (Lipinski definition) is 9. The summed E-state index contributed by atoms with van der Waals surface area (Å²) in [6.07, 6.45) is -2.62. The van der Waals surface area contributed by atoms with Crippen molar-refractivity contribution in [3.05, 3.63) is 59.9 Å². The molecule has 198 valence electrons. The highest BCUT2D eigenvalue weighted by Gasteiger charge is 2.35. The van der Waals surface area contributed by atoms with Crippen molar-refractivity contribution in [3.8, 4) is 0 Å². The minimum absolute atomic E-state index is 0.0261. The molecular weight excluding hydrogens is 511 g/mol. The summed E-state index contributed by atoms with van der Waals surface area (Å²) in [5.74, 6) is -0.641. The molecule has 0 aliphatic carbocycles. The number of halogens is 3. The molecule has 1 aliphatic heterocycles. The van der Waals surface area contributed by atoms with Gasteiger partial charge in [0.05, 0.1) is 19.0 Å². The molecule has 1 aliphatic rings. The van der Waals surface area contributed by atoms with Gasteiger partial charge in [-0.15, -0.1) is 0 Å². The fourth-order valence-corrected chi connectivity index (χ4v) is 4.18. The van der Waals surface area contributed by atoms with Gasteiger partial charge in [-0.05, 0) is 37.3 Å². The predicted molar refractivity (Wildman–Crippen MR) is 134 cm³/mol. The molecule has 0 saturated carbocycles. The quantitative estimate of drug-likeness (QED) is 0.374. The summed E-state index contributed by atoms with van der Waals surface area (Å²) in [6.45, 7) is 4.17. The van der Waals surface area contributed by atoms with Crippen LogP contribution in [0.1, 0.15) is 18.1 Å². The zero-order chi connectivity index (χ0) is 26.5. The van der Waals surface area contributed by atoms with Gasteiger partial charge in [-0.1, -0.05) is 6.07 Å². The van der Waals surface area contributed by atoms with Crippen molar-refractivity contribution in [2.75, 3.05) is 52.3 Å². The first kappa shape index (κ1) is 26.4. The highest BCUT2D eigenvalue weighted by molar-refractivity contribution is 7.92. The van der Waals surface area contributed by atoms with Gasteiger partial charge in [0.2, 0.25) is 16.0 Å². The maximum atomic E-state index is 13.6. The zero-order valence-corrected chi connectivity index (χ0v) is 20.7. The zero-order valence-electron chi connectivity index (χ0n) is 19.9. The number of rotatable bonds is 9. The number of alkyl halides is 3. The fourth-order valence-electron chi connectivity index (χ4n) is 3.56. The second-order valence-electron chi connectivity index (χ2n) is 8.10. The molecule has 0 amide bonds. The van der Waals surface area contributed by atoms with E-state index in [1.165, 1.54) is 13.1 Å². The van der Waals surface area contributed by atoms with Crippen LogP contribution in [0.5, 0.6) is 0 Å². The van der Waals surface area contributed by atoms with Gasteiger partial charge in [0.15, 0.2) is 0 Å². The molecule has 2 aromatic heterocycles. The molecule has 37 heavy (non-hydrogen) atoms. The number of pyridine rings is 1. The van der Waals surface area contributed by atoms with E-state index in [9.17, 15) is 21.6 Å². The van der Waals surface area contributed by atoms with Crippen LogP contribution < -0.4 is 20.3 Å². The molecule has 3 N–H and O–H groups in total. The van der Waals surface area contributed by atoms with E-state index in [4.69, 9.17) is 4.74 Å². The highest BCUT2D eigenvalue weighted by atomic mass is 32.2. The van der Waals surface area contributed by atoms with Gasteiger partial charge in [-0.25, -0.2) is 18.4 Å². The van der Waals surface area contributed by atoms with Gasteiger partial charge >= 0.3 is 6.18 Å². The molecule has 0 bridgehead atoms. The van der Waals surface area contributed by atoms with Crippen molar-refractivity contribution in [2.45, 2.75) is 19.6 Å². The Morgan fingerprint density at radius 2 is 1.78 bits per heavy atom. The molecule has 4 rings (SSSR count). The number of anilines is 5. The van der Waals surface area contributed by atoms with Crippen molar-refractivity contribution in [1.82, 2.24) is 15.0 Å². The Kier molecular flexibility index (Phi) is 7.97. The smallest absolute Gasteiger partial charge is 0.378 e. The summed E-state index contributed by atoms with van der Waals surface area (Å²) in [5.41, 5.74) is 0.904. The average molecular weight is 538 g/mol. The van der Waals surface area contributed by atoms with Crippen LogP contribution >= 0.6 is 0 Å². The van der Waals surface area contributed by atoms with E-state index < -0.39 is 27.6 Å². The van der Waals surface area contributed by atoms with E-state index in [1.54, 1.807) is 24.3 Å². The Hall–Kier alpha value is -3.65. The number of sulfonamides is 1. The van der Waals surface area contributed by atoms with Crippen LogP contribution in [-0.4, -0.2) is 55.4 Å². The first-order valence-corrected chi connectivity index (χ1v) is 13.1. The molecule has 3 aromatic rings. The number of ether oxygens (including phenoxy) is 1. The van der Waals surface area contributed by atoms with E-state index in [-0.39, 0.29) is 24.1 Å². The van der Waals surface area contributed by atoms with Gasteiger partial charge in [0, 0.05) is 49.0 Å². The minimum atomic E-state index is -4.71. The lowest BCUT2D eigenvalue weighted by atomic mass is 10.2. The molecule has 0 spiro atoms. The predicted octanol–water partition coefficient (Wildman–Crippen LogP) is 3.84. The Morgan fingerprint density at radius 3 is 2.46 bits per heavy atom. The number of benzene rings is 1. The van der Waals surface area contributed by atoms with Crippen LogP contribution in [0.15, 0.2) is 48.8 Å². The maximum Gasteiger partial charge on any atom is 0.421 e. The van der Waals surface area contributed by atoms with Crippen molar-refractivity contribution < 1.29 is 26.3 Å². The van der Waals surface area contributed by atoms with Crippen molar-refractivity contribution in [2.24, 2.45) is 0 Å². The number of nitrogens with one attached hydrogen (secondary N) is 3. The number of hydrogen-bond donors (Lipinski definition) is 3. The van der Waals surface area contributed by atoms with Crippen LogP contribution in [0.4, 0.5) is 42.1 Å². The monoisotopic (exact) mass is 537 g/mol. The van der Waals surface area contributed by atoms with Crippen LogP contribution in [-0.2, 0) is 27.5 Å². The first-order valence-electron chi connectivity index (χ1n) is 11.5. The van der Waals surface area contributed by atoms with Crippen LogP contribution in [0, 0.1) is 0 Å². The van der Waals surface area contributed by atoms with E-state index >= 15 is 0 Å². The van der Waals surface area contributed by atoms with Crippen molar-refractivity contribution >= 4 is 39.0 Å². The maximum absolute atomic E-state index is 13.6. The van der Waals surface area contributed by atoms with Gasteiger partial charge in [-0.2, -0.15) is 18.2 Å². The lowest BCUT2D eigenvalue weighted by Gasteiger charge is -2.28. The Labute approximate surface area is 212 Å². The minimum Gasteiger partial charge on any atom is -0.378 e. The van der Waals surface area contributed by atoms with Gasteiger partial charge in [0.1, 0.15) is 17.2 Å². The topological polar surface area (TPSA) is 121 Å². The molecule has 1 fully saturated rings. The standard InChI is InChI=1S/C23H26F3N7O3S/c1-2-37(34,35)32-20-16(4-3-9-27-20)14-28-21-19(23(24,25)26)15-29-22(31-21)30-17-5-7-18(8-6-17)33-10-12-36-13-11-33/h3-9,15H,2,10-14H2,1H3,(H,27,32)(H2,28,29,30,31). The molecule has 0 radical (unpaired) electrons. The second-order valence-corrected chi connectivity index (χ2v) is 10.1. The summed E-state index contributed by atoms with van der Waals surface area (Å²) < 4.78 is 72.5. The Morgan fingerprint density at radius 1 is 1.05 bits per heavy atom. The molecule has 14 heteroatoms. The third-order valence-electron chi connectivity index (χ3n) is 5.56. The molecule has 3 heterocycles. The van der Waals surface area contributed by atoms with Crippen LogP contribution in [0.3, 0.4) is 0 Å². The van der Waals surface area contributed by atoms with Crippen molar-refractivity contribution in [3.63, 3.8) is 0 Å². The van der Waals surface area contributed by atoms with E-state index in [0.29, 0.717) is 30.7 Å². The molecule has 1 saturated heterocycles. The average Bonchev–Trinajstić information content (AvgIpc) is 2.88. The van der Waals surface area contributed by atoms with E-state index in [1.807, 2.05) is 12.1 Å². The lowest BCUT2D eigenvalue weighted by molar-refractivity contribution is -0.137. The Balaban J connectivity index is 1.52. The third-order valence-corrected chi connectivity index (χ3v) is 6.83. The fraction of sp³-hybridized carbons (Fsp3) is 0.348. The SMILES string of the molecule is CCS(=O)(=O)Nc1ncccc1CNc1nc(Nc2ccc(N3CCOCC3)cc2)ncc1C(F)(F)F. The third kappa shape index (κ3) is 6.98. The summed E-state index contributed by atoms with van der Waals surface area (Å²) in [5, 5.41) is 5.58. The molecule has 0 unspecified atom stereocenters. The summed E-state index contributed by atoms with van der Waals surface area (Å²) in [6, 6.07) is 10.5. The summed E-state index contributed by atoms with van der Waals surface area (Å²) in [7, 11) is -3.63. The lowest BCUT2D eigenvalue weighted by Crippen LogP contribution is -2.36. The van der Waals surface area contributed by atoms with Gasteiger partial charge < -0.3 is 20.3 Å². The van der Waals surface area contributed by atoms with Crippen LogP contribution in [0.2, 0.25) is 0 Å². The molecule has 10 nitrogen and oxygen atoms in total. The van der Waals surface area contributed by atoms with Crippen LogP contribution in [0.25, 0.3) is 0 Å². The van der Waals surface area contributed by atoms with Crippen molar-refractivity contribution in [1.29, 1.82) is 0 Å². The molecule has 1 aromatic carbocycles. The summed E-state index contributed by atoms with van der Waals surface area (Å²) in [4.78, 5) is 14.1. The normalized spacial score (nSPS) is 14.3. The van der Waals surface area contributed by atoms with E-state index in [0.717, 1.165) is 18.8 Å². The van der Waals surface area contributed by atoms with Gasteiger partial charge in [-0.3, -0.25) is 4.72 Å². The first-order chi connectivity index (χ1) is 17.6. The largest absolute Gasteiger partial charge is 0.421 e. The highest BCUT2D eigenvalue weighted by Crippen LogP contribution is 2.34. The Bertz CT molecular complexity index is 1320. The number of aromatic nitrogens is 3. The number of morpholine rings is 1. The van der Waals surface area contributed by atoms with Gasteiger partial charge in [0.25, 0.3) is 0 Å². The molecular formula is C23H26F3N7O3S.